The number of pyridine rings is 1. The zero-order valence-corrected chi connectivity index (χ0v) is 18.2. The Kier molecular flexibility index (Phi) is 6.30. The number of aromatic nitrogens is 3. The van der Waals surface area contributed by atoms with Gasteiger partial charge < -0.3 is 15.8 Å². The summed E-state index contributed by atoms with van der Waals surface area (Å²) >= 11 is 0. The monoisotopic (exact) mass is 429 g/mol. The maximum absolute atomic E-state index is 12.7. The molecule has 1 amide bonds. The average Bonchev–Trinajstić information content (AvgIpc) is 3.23. The van der Waals surface area contributed by atoms with Crippen molar-refractivity contribution in [1.29, 1.82) is 0 Å². The van der Waals surface area contributed by atoms with Gasteiger partial charge >= 0.3 is 0 Å². The molecule has 7 heteroatoms. The van der Waals surface area contributed by atoms with Crippen LogP contribution in [0, 0.1) is 0 Å². The lowest BCUT2D eigenvalue weighted by molar-refractivity contribution is -0.126. The largest absolute Gasteiger partial charge is 0.374 e. The van der Waals surface area contributed by atoms with Crippen molar-refractivity contribution < 1.29 is 9.53 Å². The van der Waals surface area contributed by atoms with Crippen LogP contribution < -0.4 is 11.1 Å². The fourth-order valence-corrected chi connectivity index (χ4v) is 3.42. The van der Waals surface area contributed by atoms with Crippen LogP contribution >= 0.6 is 0 Å². The number of amides is 1. The smallest absolute Gasteiger partial charge is 0.240 e. The molecule has 0 saturated carbocycles. The third-order valence-electron chi connectivity index (χ3n) is 5.12. The number of ether oxygens (including phenoxy) is 1. The standard InChI is InChI=1S/C25H27N5O2/c1-25(2,26)24(31)27-20(17-32-16-18-10-5-3-6-11-18)23-29-28-22-15-9-14-21(30(22)23)19-12-7-4-8-13-19/h3-15,20H,16-17,26H2,1-2H3,(H,27,31)/t20-/m1/s1. The van der Waals surface area contributed by atoms with Gasteiger partial charge in [-0.15, -0.1) is 10.2 Å². The van der Waals surface area contributed by atoms with Crippen molar-refractivity contribution in [3.8, 4) is 11.3 Å². The molecule has 32 heavy (non-hydrogen) atoms. The number of nitrogens with two attached hydrogens (primary N) is 1. The van der Waals surface area contributed by atoms with Crippen LogP contribution in [0.3, 0.4) is 0 Å². The van der Waals surface area contributed by atoms with Gasteiger partial charge in [-0.25, -0.2) is 0 Å². The molecule has 0 aliphatic carbocycles. The van der Waals surface area contributed by atoms with E-state index in [2.05, 4.69) is 15.5 Å². The number of carbonyl (C=O) groups is 1. The van der Waals surface area contributed by atoms with Gasteiger partial charge in [0.1, 0.15) is 6.04 Å². The van der Waals surface area contributed by atoms with Gasteiger partial charge in [-0.1, -0.05) is 66.7 Å². The Morgan fingerprint density at radius 1 is 1.00 bits per heavy atom. The number of benzene rings is 2. The van der Waals surface area contributed by atoms with Crippen molar-refractivity contribution >= 4 is 11.6 Å². The second-order valence-corrected chi connectivity index (χ2v) is 8.28. The van der Waals surface area contributed by atoms with Crippen molar-refractivity contribution in [1.82, 2.24) is 19.9 Å². The minimum atomic E-state index is -1.04. The topological polar surface area (TPSA) is 94.5 Å². The quantitative estimate of drug-likeness (QED) is 0.447. The maximum atomic E-state index is 12.7. The van der Waals surface area contributed by atoms with Gasteiger partial charge in [0.2, 0.25) is 5.91 Å². The van der Waals surface area contributed by atoms with Crippen LogP contribution in [0.5, 0.6) is 0 Å². The molecule has 4 aromatic rings. The third kappa shape index (κ3) is 4.85. The van der Waals surface area contributed by atoms with E-state index in [0.717, 1.165) is 16.8 Å². The van der Waals surface area contributed by atoms with Crippen molar-refractivity contribution in [3.63, 3.8) is 0 Å². The molecule has 0 saturated heterocycles. The molecular formula is C25H27N5O2. The van der Waals surface area contributed by atoms with E-state index in [1.807, 2.05) is 83.3 Å². The van der Waals surface area contributed by atoms with Gasteiger partial charge in [-0.3, -0.25) is 9.20 Å². The van der Waals surface area contributed by atoms with Crippen LogP contribution in [-0.4, -0.2) is 32.7 Å². The van der Waals surface area contributed by atoms with E-state index in [1.165, 1.54) is 0 Å². The molecule has 164 valence electrons. The lowest BCUT2D eigenvalue weighted by Gasteiger charge is -2.24. The number of rotatable bonds is 8. The SMILES string of the molecule is CC(C)(N)C(=O)N[C@H](COCc1ccccc1)c1nnc2cccc(-c3ccccc3)n12. The van der Waals surface area contributed by atoms with E-state index < -0.39 is 11.6 Å². The number of hydrogen-bond donors (Lipinski definition) is 2. The zero-order chi connectivity index (χ0) is 22.6. The molecule has 2 aromatic carbocycles. The van der Waals surface area contributed by atoms with Gasteiger partial charge in [0.25, 0.3) is 0 Å². The summed E-state index contributed by atoms with van der Waals surface area (Å²) in [5.41, 5.74) is 8.69. The molecule has 3 N–H and O–H groups in total. The summed E-state index contributed by atoms with van der Waals surface area (Å²) in [6.45, 7) is 3.98. The Balaban J connectivity index is 1.69. The van der Waals surface area contributed by atoms with E-state index in [1.54, 1.807) is 13.8 Å². The number of hydrogen-bond acceptors (Lipinski definition) is 5. The summed E-state index contributed by atoms with van der Waals surface area (Å²) in [5.74, 6) is 0.296. The van der Waals surface area contributed by atoms with Crippen LogP contribution in [0.2, 0.25) is 0 Å². The molecule has 0 aliphatic heterocycles. The van der Waals surface area contributed by atoms with Crippen molar-refractivity contribution in [2.24, 2.45) is 5.73 Å². The van der Waals surface area contributed by atoms with E-state index in [-0.39, 0.29) is 12.5 Å². The highest BCUT2D eigenvalue weighted by Gasteiger charge is 2.28. The van der Waals surface area contributed by atoms with Crippen LogP contribution in [0.25, 0.3) is 16.9 Å². The summed E-state index contributed by atoms with van der Waals surface area (Å²) in [4.78, 5) is 12.7. The average molecular weight is 430 g/mol. The molecule has 0 bridgehead atoms. The Morgan fingerprint density at radius 3 is 2.38 bits per heavy atom. The van der Waals surface area contributed by atoms with Gasteiger partial charge in [-0.2, -0.15) is 0 Å². The van der Waals surface area contributed by atoms with E-state index in [9.17, 15) is 4.79 Å². The molecule has 0 fully saturated rings. The van der Waals surface area contributed by atoms with Gasteiger partial charge in [0, 0.05) is 0 Å². The zero-order valence-electron chi connectivity index (χ0n) is 18.2. The minimum absolute atomic E-state index is 0.223. The maximum Gasteiger partial charge on any atom is 0.240 e. The highest BCUT2D eigenvalue weighted by Crippen LogP contribution is 2.24. The number of fused-ring (bicyclic) bond motifs is 1. The van der Waals surface area contributed by atoms with Gasteiger partial charge in [0.15, 0.2) is 11.5 Å². The van der Waals surface area contributed by atoms with Crippen LogP contribution in [0.4, 0.5) is 0 Å². The van der Waals surface area contributed by atoms with Crippen molar-refractivity contribution in [2.75, 3.05) is 6.61 Å². The summed E-state index contributed by atoms with van der Waals surface area (Å²) < 4.78 is 7.93. The number of nitrogens with one attached hydrogen (secondary N) is 1. The second kappa shape index (κ2) is 9.30. The molecule has 1 atom stereocenters. The highest BCUT2D eigenvalue weighted by atomic mass is 16.5. The number of carbonyl (C=O) groups excluding carboxylic acids is 1. The molecule has 2 aromatic heterocycles. The normalized spacial score (nSPS) is 12.6. The number of nitrogens with zero attached hydrogens (tertiary/aromatic N) is 3. The molecule has 0 radical (unpaired) electrons. The molecule has 7 nitrogen and oxygen atoms in total. The first-order valence-electron chi connectivity index (χ1n) is 10.5. The van der Waals surface area contributed by atoms with Crippen LogP contribution in [-0.2, 0) is 16.1 Å². The molecule has 4 rings (SSSR count). The first-order chi connectivity index (χ1) is 15.4. The molecular weight excluding hydrogens is 402 g/mol. The summed E-state index contributed by atoms with van der Waals surface area (Å²) in [7, 11) is 0. The van der Waals surface area contributed by atoms with Crippen molar-refractivity contribution in [3.05, 3.63) is 90.3 Å². The first-order valence-corrected chi connectivity index (χ1v) is 10.5. The lowest BCUT2D eigenvalue weighted by atomic mass is 10.1. The Bertz CT molecular complexity index is 1180. The minimum Gasteiger partial charge on any atom is -0.374 e. The molecule has 0 aliphatic rings. The van der Waals surface area contributed by atoms with Gasteiger partial charge in [-0.05, 0) is 37.1 Å². The predicted molar refractivity (Wildman–Crippen MR) is 124 cm³/mol. The van der Waals surface area contributed by atoms with Crippen LogP contribution in [0.1, 0.15) is 31.3 Å². The Hall–Kier alpha value is -3.55. The molecule has 2 heterocycles. The van der Waals surface area contributed by atoms with Gasteiger partial charge in [0.05, 0.1) is 24.4 Å². The summed E-state index contributed by atoms with van der Waals surface area (Å²) in [6.07, 6.45) is 0. The summed E-state index contributed by atoms with van der Waals surface area (Å²) in [5, 5.41) is 11.8. The third-order valence-corrected chi connectivity index (χ3v) is 5.12. The van der Waals surface area contributed by atoms with E-state index in [0.29, 0.717) is 18.1 Å². The molecule has 0 unspecified atom stereocenters. The van der Waals surface area contributed by atoms with Crippen LogP contribution in [0.15, 0.2) is 78.9 Å². The fraction of sp³-hybridized carbons (Fsp3) is 0.240. The summed E-state index contributed by atoms with van der Waals surface area (Å²) in [6, 6.07) is 25.2. The second-order valence-electron chi connectivity index (χ2n) is 8.28. The Labute approximate surface area is 187 Å². The van der Waals surface area contributed by atoms with E-state index >= 15 is 0 Å². The lowest BCUT2D eigenvalue weighted by Crippen LogP contribution is -2.51. The Morgan fingerprint density at radius 2 is 1.69 bits per heavy atom. The predicted octanol–water partition coefficient (Wildman–Crippen LogP) is 3.51. The highest BCUT2D eigenvalue weighted by molar-refractivity contribution is 5.85. The van der Waals surface area contributed by atoms with Crippen molar-refractivity contribution in [2.45, 2.75) is 32.0 Å². The first kappa shape index (κ1) is 21.7. The molecule has 0 spiro atoms. The fourth-order valence-electron chi connectivity index (χ4n) is 3.42. The van der Waals surface area contributed by atoms with E-state index in [4.69, 9.17) is 10.5 Å².